The maximum absolute atomic E-state index is 12.4. The first-order valence-electron chi connectivity index (χ1n) is 6.53. The van der Waals surface area contributed by atoms with Crippen molar-refractivity contribution in [1.29, 1.82) is 0 Å². The zero-order chi connectivity index (χ0) is 15.6. The van der Waals surface area contributed by atoms with Crippen molar-refractivity contribution in [3.8, 4) is 0 Å². The van der Waals surface area contributed by atoms with E-state index in [-0.39, 0.29) is 4.91 Å². The summed E-state index contributed by atoms with van der Waals surface area (Å²) < 4.78 is 27.3. The van der Waals surface area contributed by atoms with Gasteiger partial charge in [0.1, 0.15) is 0 Å². The van der Waals surface area contributed by atoms with Gasteiger partial charge in [0.05, 0.1) is 22.3 Å². The van der Waals surface area contributed by atoms with Crippen LogP contribution in [0.15, 0.2) is 67.6 Å². The first-order valence-corrected chi connectivity index (χ1v) is 8.01. The molecule has 0 bridgehead atoms. The maximum atomic E-state index is 12.4. The summed E-state index contributed by atoms with van der Waals surface area (Å²) in [5, 5.41) is 0.859. The molecule has 0 aliphatic carbocycles. The molecule has 0 radical (unpaired) electrons. The lowest BCUT2D eigenvalue weighted by molar-refractivity contribution is 0.610. The van der Waals surface area contributed by atoms with Crippen LogP contribution >= 0.6 is 0 Å². The summed E-state index contributed by atoms with van der Waals surface area (Å²) >= 11 is 0. The zero-order valence-corrected chi connectivity index (χ0v) is 12.4. The summed E-state index contributed by atoms with van der Waals surface area (Å²) in [4.78, 5) is 8.08. The molecule has 2 aromatic heterocycles. The second-order valence-corrected chi connectivity index (χ2v) is 6.39. The minimum Gasteiger partial charge on any atom is -0.278 e. The summed E-state index contributed by atoms with van der Waals surface area (Å²) in [5.74, 6) is 0. The third kappa shape index (κ3) is 2.82. The first kappa shape index (κ1) is 14.2. The van der Waals surface area contributed by atoms with Gasteiger partial charge in [-0.2, -0.15) is 0 Å². The summed E-state index contributed by atoms with van der Waals surface area (Å²) in [7, 11) is -3.75. The molecule has 0 saturated carbocycles. The molecular formula is C16H13N3O2S. The van der Waals surface area contributed by atoms with Crippen molar-refractivity contribution < 1.29 is 8.42 Å². The molecule has 0 aliphatic heterocycles. The fraction of sp³-hybridized carbons (Fsp3) is 0. The predicted molar refractivity (Wildman–Crippen MR) is 87.6 cm³/mol. The van der Waals surface area contributed by atoms with Crippen LogP contribution in [-0.4, -0.2) is 18.4 Å². The molecular weight excluding hydrogens is 298 g/mol. The molecule has 2 heterocycles. The van der Waals surface area contributed by atoms with Gasteiger partial charge in [-0.3, -0.25) is 14.7 Å². The van der Waals surface area contributed by atoms with E-state index in [9.17, 15) is 8.42 Å². The Morgan fingerprint density at radius 2 is 1.82 bits per heavy atom. The summed E-state index contributed by atoms with van der Waals surface area (Å²) in [6, 6.07) is 12.4. The molecule has 22 heavy (non-hydrogen) atoms. The Morgan fingerprint density at radius 1 is 1.09 bits per heavy atom. The van der Waals surface area contributed by atoms with Crippen LogP contribution in [0.5, 0.6) is 0 Å². The minimum absolute atomic E-state index is 0.0111. The number of rotatable bonds is 4. The van der Waals surface area contributed by atoms with Crippen LogP contribution in [-0.2, 0) is 10.0 Å². The van der Waals surface area contributed by atoms with E-state index in [1.165, 1.54) is 18.6 Å². The molecule has 3 rings (SSSR count). The van der Waals surface area contributed by atoms with Crippen LogP contribution in [0.25, 0.3) is 15.8 Å². The number of pyridine rings is 2. The number of aromatic nitrogens is 2. The molecule has 0 fully saturated rings. The van der Waals surface area contributed by atoms with E-state index < -0.39 is 10.0 Å². The first-order chi connectivity index (χ1) is 10.6. The standard InChI is InChI=1S/C16H13N3O2S/c1-12(13-6-8-17-9-7-13)22(20,21)19-15-10-14-4-2-3-5-16(14)18-11-15/h2-11,19H,1H2. The molecule has 6 heteroatoms. The lowest BCUT2D eigenvalue weighted by Gasteiger charge is -2.10. The maximum Gasteiger partial charge on any atom is 0.261 e. The monoisotopic (exact) mass is 311 g/mol. The minimum atomic E-state index is -3.75. The number of fused-ring (bicyclic) bond motifs is 1. The SMILES string of the molecule is C=C(c1ccncc1)S(=O)(=O)Nc1cnc2ccccc2c1. The molecule has 1 N–H and O–H groups in total. The molecule has 0 atom stereocenters. The topological polar surface area (TPSA) is 72.0 Å². The Bertz CT molecular complexity index is 938. The van der Waals surface area contributed by atoms with Crippen molar-refractivity contribution in [2.24, 2.45) is 0 Å². The molecule has 0 amide bonds. The third-order valence-corrected chi connectivity index (χ3v) is 4.56. The van der Waals surface area contributed by atoms with Crippen molar-refractivity contribution in [1.82, 2.24) is 9.97 Å². The highest BCUT2D eigenvalue weighted by Gasteiger charge is 2.17. The molecule has 0 aliphatic rings. The van der Waals surface area contributed by atoms with Crippen LogP contribution in [0.2, 0.25) is 0 Å². The smallest absolute Gasteiger partial charge is 0.261 e. The van der Waals surface area contributed by atoms with E-state index in [0.29, 0.717) is 11.3 Å². The van der Waals surface area contributed by atoms with Gasteiger partial charge in [-0.05, 0) is 29.8 Å². The predicted octanol–water partition coefficient (Wildman–Crippen LogP) is 3.04. The van der Waals surface area contributed by atoms with Crippen molar-refractivity contribution in [3.05, 3.63) is 73.2 Å². The highest BCUT2D eigenvalue weighted by molar-refractivity contribution is 8.01. The van der Waals surface area contributed by atoms with E-state index in [1.54, 1.807) is 18.2 Å². The molecule has 0 saturated heterocycles. The average Bonchev–Trinajstić information content (AvgIpc) is 2.54. The van der Waals surface area contributed by atoms with Crippen LogP contribution in [0.1, 0.15) is 5.56 Å². The van der Waals surface area contributed by atoms with Crippen molar-refractivity contribution in [3.63, 3.8) is 0 Å². The average molecular weight is 311 g/mol. The lowest BCUT2D eigenvalue weighted by atomic mass is 10.2. The summed E-state index contributed by atoms with van der Waals surface area (Å²) in [5.41, 5.74) is 1.70. The number of benzene rings is 1. The summed E-state index contributed by atoms with van der Waals surface area (Å²) in [6.45, 7) is 3.66. The molecule has 5 nitrogen and oxygen atoms in total. The Hall–Kier alpha value is -2.73. The van der Waals surface area contributed by atoms with Gasteiger partial charge in [0.2, 0.25) is 0 Å². The Labute approximate surface area is 128 Å². The number of anilines is 1. The number of nitrogens with one attached hydrogen (secondary N) is 1. The third-order valence-electron chi connectivity index (χ3n) is 3.17. The summed E-state index contributed by atoms with van der Waals surface area (Å²) in [6.07, 6.45) is 4.53. The van der Waals surface area contributed by atoms with Crippen molar-refractivity contribution in [2.75, 3.05) is 4.72 Å². The Morgan fingerprint density at radius 3 is 2.59 bits per heavy atom. The molecule has 3 aromatic rings. The molecule has 1 aromatic carbocycles. The number of hydrogen-bond acceptors (Lipinski definition) is 4. The molecule has 0 unspecified atom stereocenters. The number of nitrogens with zero attached hydrogens (tertiary/aromatic N) is 2. The van der Waals surface area contributed by atoms with Crippen LogP contribution in [0, 0.1) is 0 Å². The number of para-hydroxylation sites is 1. The number of hydrogen-bond donors (Lipinski definition) is 1. The highest BCUT2D eigenvalue weighted by atomic mass is 32.2. The fourth-order valence-electron chi connectivity index (χ4n) is 2.04. The Kier molecular flexibility index (Phi) is 3.60. The Balaban J connectivity index is 1.91. The van der Waals surface area contributed by atoms with Gasteiger partial charge in [0, 0.05) is 17.8 Å². The quantitative estimate of drug-likeness (QED) is 0.804. The molecule has 110 valence electrons. The van der Waals surface area contributed by atoms with Gasteiger partial charge in [0.15, 0.2) is 0 Å². The largest absolute Gasteiger partial charge is 0.278 e. The van der Waals surface area contributed by atoms with Gasteiger partial charge in [-0.1, -0.05) is 24.8 Å². The number of sulfonamides is 1. The lowest BCUT2D eigenvalue weighted by Crippen LogP contribution is -2.13. The second kappa shape index (κ2) is 5.57. The van der Waals surface area contributed by atoms with Gasteiger partial charge in [-0.15, -0.1) is 0 Å². The van der Waals surface area contributed by atoms with Gasteiger partial charge >= 0.3 is 0 Å². The van der Waals surface area contributed by atoms with Gasteiger partial charge in [-0.25, -0.2) is 8.42 Å². The van der Waals surface area contributed by atoms with Gasteiger partial charge < -0.3 is 0 Å². The van der Waals surface area contributed by atoms with Crippen LogP contribution < -0.4 is 4.72 Å². The van der Waals surface area contributed by atoms with Crippen LogP contribution in [0.4, 0.5) is 5.69 Å². The normalized spacial score (nSPS) is 11.3. The van der Waals surface area contributed by atoms with Crippen molar-refractivity contribution >= 4 is 31.5 Å². The van der Waals surface area contributed by atoms with E-state index in [4.69, 9.17) is 0 Å². The van der Waals surface area contributed by atoms with Crippen molar-refractivity contribution in [2.45, 2.75) is 0 Å². The zero-order valence-electron chi connectivity index (χ0n) is 11.6. The van der Waals surface area contributed by atoms with E-state index in [1.807, 2.05) is 24.3 Å². The second-order valence-electron chi connectivity index (χ2n) is 4.68. The van der Waals surface area contributed by atoms with E-state index >= 15 is 0 Å². The molecule has 0 spiro atoms. The highest BCUT2D eigenvalue weighted by Crippen LogP contribution is 2.22. The van der Waals surface area contributed by atoms with E-state index in [2.05, 4.69) is 21.3 Å². The van der Waals surface area contributed by atoms with Crippen LogP contribution in [0.3, 0.4) is 0 Å². The van der Waals surface area contributed by atoms with Gasteiger partial charge in [0.25, 0.3) is 10.0 Å². The van der Waals surface area contributed by atoms with E-state index in [0.717, 1.165) is 10.9 Å². The fourth-order valence-corrected chi connectivity index (χ4v) is 3.03.